The molecule has 0 atom stereocenters. The third-order valence-electron chi connectivity index (χ3n) is 7.64. The van der Waals surface area contributed by atoms with Gasteiger partial charge in [-0.25, -0.2) is 4.79 Å². The summed E-state index contributed by atoms with van der Waals surface area (Å²) < 4.78 is 51.0. The van der Waals surface area contributed by atoms with Crippen LogP contribution < -0.4 is 14.8 Å². The maximum absolute atomic E-state index is 13.5. The van der Waals surface area contributed by atoms with Gasteiger partial charge in [0.2, 0.25) is 5.91 Å². The highest BCUT2D eigenvalue weighted by molar-refractivity contribution is 5.97. The Morgan fingerprint density at radius 1 is 0.784 bits per heavy atom. The molecule has 1 heterocycles. The molecule has 13 heteroatoms. The second kappa shape index (κ2) is 15.8. The lowest BCUT2D eigenvalue weighted by molar-refractivity contribution is -0.139. The van der Waals surface area contributed by atoms with Crippen molar-refractivity contribution in [3.63, 3.8) is 0 Å². The van der Waals surface area contributed by atoms with Crippen LogP contribution in [0.5, 0.6) is 11.5 Å². The lowest BCUT2D eigenvalue weighted by Gasteiger charge is -2.21. The molecule has 1 aromatic heterocycles. The van der Waals surface area contributed by atoms with Crippen LogP contribution in [0.1, 0.15) is 37.4 Å². The van der Waals surface area contributed by atoms with Crippen molar-refractivity contribution in [1.82, 2.24) is 9.88 Å². The van der Waals surface area contributed by atoms with E-state index in [1.165, 1.54) is 55.6 Å². The number of alkyl halides is 3. The van der Waals surface area contributed by atoms with Crippen molar-refractivity contribution in [2.75, 3.05) is 19.0 Å². The molecule has 0 bridgehead atoms. The molecule has 0 fully saturated rings. The van der Waals surface area contributed by atoms with Gasteiger partial charge in [-0.3, -0.25) is 19.4 Å². The van der Waals surface area contributed by atoms with Crippen LogP contribution in [0.4, 0.5) is 18.9 Å². The number of halogens is 3. The van der Waals surface area contributed by atoms with E-state index >= 15 is 0 Å². The Labute approximate surface area is 290 Å². The SMILES string of the molecule is COc1ccc(CC(=O)Nc2ccc(C(=O)N(CC(=O)O)Cc3ccc(OC(=O)c4ccc(-c5ccncc5)cc4)cc3)cc2)c(C(F)(F)F)c1. The summed E-state index contributed by atoms with van der Waals surface area (Å²) in [6.07, 6.45) is -1.91. The molecule has 10 nitrogen and oxygen atoms in total. The average molecular weight is 698 g/mol. The molecule has 0 aliphatic rings. The van der Waals surface area contributed by atoms with Gasteiger partial charge in [-0.05, 0) is 95.1 Å². The minimum absolute atomic E-state index is 0.00164. The van der Waals surface area contributed by atoms with E-state index in [2.05, 4.69) is 10.3 Å². The normalized spacial score (nSPS) is 11.0. The number of amides is 2. The van der Waals surface area contributed by atoms with Gasteiger partial charge in [0.05, 0.1) is 24.7 Å². The average Bonchev–Trinajstić information content (AvgIpc) is 3.12. The number of hydrogen-bond acceptors (Lipinski definition) is 7. The predicted octanol–water partition coefficient (Wildman–Crippen LogP) is 6.90. The summed E-state index contributed by atoms with van der Waals surface area (Å²) in [4.78, 5) is 55.3. The molecule has 0 aliphatic heterocycles. The number of carboxylic acids is 1. The van der Waals surface area contributed by atoms with Crippen molar-refractivity contribution in [3.05, 3.63) is 143 Å². The number of hydrogen-bond donors (Lipinski definition) is 2. The first kappa shape index (κ1) is 35.8. The first-order chi connectivity index (χ1) is 24.4. The molecule has 5 aromatic rings. The Morgan fingerprint density at radius 2 is 1.39 bits per heavy atom. The highest BCUT2D eigenvalue weighted by Gasteiger charge is 2.34. The number of carbonyl (C=O) groups is 4. The zero-order chi connectivity index (χ0) is 36.5. The molecule has 2 amide bonds. The number of nitrogens with zero attached hydrogens (tertiary/aromatic N) is 2. The van der Waals surface area contributed by atoms with Crippen LogP contribution in [0.25, 0.3) is 11.1 Å². The lowest BCUT2D eigenvalue weighted by Crippen LogP contribution is -2.35. The second-order valence-corrected chi connectivity index (χ2v) is 11.2. The molecule has 0 unspecified atom stereocenters. The zero-order valence-corrected chi connectivity index (χ0v) is 27.0. The third kappa shape index (κ3) is 9.57. The number of aliphatic carboxylic acids is 1. The van der Waals surface area contributed by atoms with Gasteiger partial charge in [-0.1, -0.05) is 30.3 Å². The maximum Gasteiger partial charge on any atom is 0.416 e. The summed E-state index contributed by atoms with van der Waals surface area (Å²) in [5, 5.41) is 12.0. The maximum atomic E-state index is 13.5. The lowest BCUT2D eigenvalue weighted by atomic mass is 10.0. The molecule has 51 heavy (non-hydrogen) atoms. The minimum atomic E-state index is -4.70. The van der Waals surface area contributed by atoms with Crippen molar-refractivity contribution in [3.8, 4) is 22.6 Å². The fraction of sp³-hybridized carbons (Fsp3) is 0.132. The number of methoxy groups -OCH3 is 1. The zero-order valence-electron chi connectivity index (χ0n) is 27.0. The number of carboxylic acid groups (broad SMARTS) is 1. The molecule has 0 saturated heterocycles. The predicted molar refractivity (Wildman–Crippen MR) is 180 cm³/mol. The molecule has 5 rings (SSSR count). The highest BCUT2D eigenvalue weighted by Crippen LogP contribution is 2.35. The Hall–Kier alpha value is -6.50. The molecular weight excluding hydrogens is 667 g/mol. The van der Waals surface area contributed by atoms with E-state index in [1.54, 1.807) is 48.8 Å². The number of ether oxygens (including phenoxy) is 2. The van der Waals surface area contributed by atoms with Crippen LogP contribution in [0.3, 0.4) is 0 Å². The monoisotopic (exact) mass is 697 g/mol. The number of nitrogens with one attached hydrogen (secondary N) is 1. The number of esters is 1. The van der Waals surface area contributed by atoms with E-state index in [0.717, 1.165) is 22.1 Å². The molecular formula is C38H30F3N3O7. The Balaban J connectivity index is 1.19. The van der Waals surface area contributed by atoms with Gasteiger partial charge in [0.25, 0.3) is 5.91 Å². The van der Waals surface area contributed by atoms with E-state index in [-0.39, 0.29) is 34.9 Å². The number of anilines is 1. The highest BCUT2D eigenvalue weighted by atomic mass is 19.4. The minimum Gasteiger partial charge on any atom is -0.497 e. The number of pyridine rings is 1. The van der Waals surface area contributed by atoms with Crippen LogP contribution in [-0.4, -0.2) is 52.4 Å². The number of aromatic nitrogens is 1. The molecule has 0 radical (unpaired) electrons. The first-order valence-corrected chi connectivity index (χ1v) is 15.4. The summed E-state index contributed by atoms with van der Waals surface area (Å²) >= 11 is 0. The van der Waals surface area contributed by atoms with Crippen LogP contribution in [0.2, 0.25) is 0 Å². The number of carbonyl (C=O) groups excluding carboxylic acids is 3. The van der Waals surface area contributed by atoms with E-state index < -0.39 is 48.5 Å². The van der Waals surface area contributed by atoms with Crippen molar-refractivity contribution >= 4 is 29.4 Å². The van der Waals surface area contributed by atoms with Crippen molar-refractivity contribution in [2.45, 2.75) is 19.1 Å². The summed E-state index contributed by atoms with van der Waals surface area (Å²) in [7, 11) is 1.24. The Bertz CT molecular complexity index is 2020. The van der Waals surface area contributed by atoms with Crippen LogP contribution in [-0.2, 0) is 28.7 Å². The van der Waals surface area contributed by atoms with Gasteiger partial charge in [0, 0.05) is 30.2 Å². The Morgan fingerprint density at radius 3 is 2.00 bits per heavy atom. The van der Waals surface area contributed by atoms with Gasteiger partial charge in [-0.2, -0.15) is 13.2 Å². The molecule has 260 valence electrons. The Kier molecular flexibility index (Phi) is 11.1. The largest absolute Gasteiger partial charge is 0.497 e. The second-order valence-electron chi connectivity index (χ2n) is 11.2. The molecule has 4 aromatic carbocycles. The fourth-order valence-electron chi connectivity index (χ4n) is 5.11. The standard InChI is InChI=1S/C38H30F3N3O7/c1-50-32-15-10-29(33(21-32)38(39,40)41)20-34(45)43-30-11-8-27(9-12-30)36(48)44(23-35(46)47)22-24-2-13-31(14-3-24)51-37(49)28-6-4-25(5-7-28)26-16-18-42-19-17-26/h2-19,21H,20,22-23H2,1H3,(H,43,45)(H,46,47). The van der Waals surface area contributed by atoms with Gasteiger partial charge >= 0.3 is 18.1 Å². The van der Waals surface area contributed by atoms with Crippen molar-refractivity contribution in [1.29, 1.82) is 0 Å². The summed E-state index contributed by atoms with van der Waals surface area (Å²) in [5.41, 5.74) is 1.87. The van der Waals surface area contributed by atoms with Crippen LogP contribution in [0.15, 0.2) is 116 Å². The number of rotatable bonds is 12. The van der Waals surface area contributed by atoms with Gasteiger partial charge in [0.1, 0.15) is 18.0 Å². The molecule has 2 N–H and O–H groups in total. The smallest absolute Gasteiger partial charge is 0.416 e. The van der Waals surface area contributed by atoms with Crippen molar-refractivity contribution in [2.24, 2.45) is 0 Å². The molecule has 0 spiro atoms. The summed E-state index contributed by atoms with van der Waals surface area (Å²) in [6, 6.07) is 25.7. The third-order valence-corrected chi connectivity index (χ3v) is 7.64. The van der Waals surface area contributed by atoms with E-state index in [1.807, 2.05) is 12.1 Å². The van der Waals surface area contributed by atoms with Crippen LogP contribution in [0, 0.1) is 0 Å². The van der Waals surface area contributed by atoms with Gasteiger partial charge in [0.15, 0.2) is 0 Å². The van der Waals surface area contributed by atoms with E-state index in [0.29, 0.717) is 11.1 Å². The van der Waals surface area contributed by atoms with E-state index in [4.69, 9.17) is 9.47 Å². The fourth-order valence-corrected chi connectivity index (χ4v) is 5.11. The topological polar surface area (TPSA) is 135 Å². The quantitative estimate of drug-likeness (QED) is 0.106. The first-order valence-electron chi connectivity index (χ1n) is 15.4. The van der Waals surface area contributed by atoms with Gasteiger partial charge < -0.3 is 24.8 Å². The van der Waals surface area contributed by atoms with Gasteiger partial charge in [-0.15, -0.1) is 0 Å². The molecule has 0 saturated carbocycles. The van der Waals surface area contributed by atoms with Crippen molar-refractivity contribution < 1.29 is 46.9 Å². The summed E-state index contributed by atoms with van der Waals surface area (Å²) in [6.45, 7) is -0.704. The van der Waals surface area contributed by atoms with E-state index in [9.17, 15) is 37.5 Å². The summed E-state index contributed by atoms with van der Waals surface area (Å²) in [5.74, 6) is -2.90. The number of benzene rings is 4. The molecule has 0 aliphatic carbocycles. The van der Waals surface area contributed by atoms with Crippen LogP contribution >= 0.6 is 0 Å².